The number of hydrogen-bond acceptors (Lipinski definition) is 3. The van der Waals surface area contributed by atoms with Crippen molar-refractivity contribution in [2.24, 2.45) is 7.05 Å². The summed E-state index contributed by atoms with van der Waals surface area (Å²) in [6, 6.07) is 9.37. The second kappa shape index (κ2) is 5.05. The predicted molar refractivity (Wildman–Crippen MR) is 75.1 cm³/mol. The summed E-state index contributed by atoms with van der Waals surface area (Å²) in [4.78, 5) is 25.2. The summed E-state index contributed by atoms with van der Waals surface area (Å²) in [7, 11) is 1.58. The highest BCUT2D eigenvalue weighted by Gasteiger charge is 2.25. The molecule has 6 heteroatoms. The molecule has 0 spiro atoms. The zero-order valence-electron chi connectivity index (χ0n) is 11.6. The van der Waals surface area contributed by atoms with Gasteiger partial charge in [0.05, 0.1) is 0 Å². The number of carboxylic acids is 1. The van der Waals surface area contributed by atoms with E-state index in [1.165, 1.54) is 16.3 Å². The van der Waals surface area contributed by atoms with Crippen LogP contribution in [0.5, 0.6) is 0 Å². The van der Waals surface area contributed by atoms with Crippen molar-refractivity contribution in [2.45, 2.75) is 13.0 Å². The molecule has 0 saturated carbocycles. The molecule has 0 bridgehead atoms. The highest BCUT2D eigenvalue weighted by atomic mass is 16.4. The lowest BCUT2D eigenvalue weighted by Crippen LogP contribution is -2.36. The van der Waals surface area contributed by atoms with Crippen LogP contribution in [0, 0.1) is 0 Å². The van der Waals surface area contributed by atoms with Crippen molar-refractivity contribution in [2.75, 3.05) is 6.54 Å². The molecule has 3 rings (SSSR count). The molecule has 0 fully saturated rings. The summed E-state index contributed by atoms with van der Waals surface area (Å²) in [5, 5.41) is 12.8. The highest BCUT2D eigenvalue weighted by molar-refractivity contribution is 5.95. The minimum Gasteiger partial charge on any atom is -0.476 e. The number of benzene rings is 1. The Morgan fingerprint density at radius 1 is 1.24 bits per heavy atom. The van der Waals surface area contributed by atoms with Crippen LogP contribution in [-0.2, 0) is 20.0 Å². The second-order valence-electron chi connectivity index (χ2n) is 5.09. The van der Waals surface area contributed by atoms with Gasteiger partial charge in [0.25, 0.3) is 5.91 Å². The van der Waals surface area contributed by atoms with E-state index < -0.39 is 5.97 Å². The molecule has 1 aromatic carbocycles. The van der Waals surface area contributed by atoms with Gasteiger partial charge in [-0.25, -0.2) is 4.79 Å². The molecule has 0 unspecified atom stereocenters. The summed E-state index contributed by atoms with van der Waals surface area (Å²) < 4.78 is 1.33. The number of aryl methyl sites for hydroxylation is 1. The van der Waals surface area contributed by atoms with Gasteiger partial charge in [-0.2, -0.15) is 5.10 Å². The Morgan fingerprint density at radius 3 is 2.62 bits per heavy atom. The van der Waals surface area contributed by atoms with Crippen LogP contribution in [-0.4, -0.2) is 38.2 Å². The molecule has 1 amide bonds. The molecule has 1 aliphatic rings. The van der Waals surface area contributed by atoms with E-state index in [0.717, 1.165) is 12.0 Å². The first-order valence-corrected chi connectivity index (χ1v) is 6.69. The first-order chi connectivity index (χ1) is 10.1. The third-order valence-corrected chi connectivity index (χ3v) is 3.74. The number of amides is 1. The summed E-state index contributed by atoms with van der Waals surface area (Å²) in [5.74, 6) is -1.32. The first kappa shape index (κ1) is 13.4. The molecule has 0 saturated heterocycles. The molecule has 1 aromatic heterocycles. The van der Waals surface area contributed by atoms with Crippen molar-refractivity contribution in [1.29, 1.82) is 0 Å². The van der Waals surface area contributed by atoms with Gasteiger partial charge < -0.3 is 10.0 Å². The molecule has 0 atom stereocenters. The summed E-state index contributed by atoms with van der Waals surface area (Å²) >= 11 is 0. The van der Waals surface area contributed by atoms with Crippen LogP contribution in [0.2, 0.25) is 0 Å². The molecule has 21 heavy (non-hydrogen) atoms. The minimum atomic E-state index is -1.13. The monoisotopic (exact) mass is 285 g/mol. The van der Waals surface area contributed by atoms with E-state index in [4.69, 9.17) is 5.11 Å². The molecule has 2 heterocycles. The minimum absolute atomic E-state index is 0.113. The average molecular weight is 285 g/mol. The van der Waals surface area contributed by atoms with Crippen molar-refractivity contribution in [1.82, 2.24) is 14.7 Å². The van der Waals surface area contributed by atoms with Crippen molar-refractivity contribution >= 4 is 11.9 Å². The number of fused-ring (bicyclic) bond motifs is 1. The molecule has 1 N–H and O–H groups in total. The maximum Gasteiger partial charge on any atom is 0.356 e. The number of carboxylic acid groups (broad SMARTS) is 1. The van der Waals surface area contributed by atoms with Crippen molar-refractivity contribution in [3.8, 4) is 0 Å². The fourth-order valence-corrected chi connectivity index (χ4v) is 2.60. The Bertz CT molecular complexity index is 721. The van der Waals surface area contributed by atoms with Crippen molar-refractivity contribution < 1.29 is 14.7 Å². The van der Waals surface area contributed by atoms with Crippen LogP contribution in [0.25, 0.3) is 0 Å². The van der Waals surface area contributed by atoms with Gasteiger partial charge in [-0.1, -0.05) is 24.3 Å². The maximum absolute atomic E-state index is 12.5. The van der Waals surface area contributed by atoms with Gasteiger partial charge >= 0.3 is 5.97 Å². The number of rotatable bonds is 2. The van der Waals surface area contributed by atoms with Crippen molar-refractivity contribution in [3.63, 3.8) is 0 Å². The largest absolute Gasteiger partial charge is 0.476 e. The Labute approximate surface area is 121 Å². The molecular weight excluding hydrogens is 270 g/mol. The Hall–Kier alpha value is -2.63. The van der Waals surface area contributed by atoms with Gasteiger partial charge in [-0.3, -0.25) is 9.48 Å². The van der Waals surface area contributed by atoms with E-state index in [2.05, 4.69) is 11.2 Å². The number of carbonyl (C=O) groups excluding carboxylic acids is 1. The van der Waals surface area contributed by atoms with E-state index in [9.17, 15) is 9.59 Å². The quantitative estimate of drug-likeness (QED) is 0.903. The van der Waals surface area contributed by atoms with Gasteiger partial charge in [-0.05, 0) is 17.5 Å². The smallest absolute Gasteiger partial charge is 0.356 e. The van der Waals surface area contributed by atoms with E-state index in [-0.39, 0.29) is 11.6 Å². The van der Waals surface area contributed by atoms with E-state index in [1.54, 1.807) is 11.9 Å². The van der Waals surface area contributed by atoms with E-state index >= 15 is 0 Å². The number of hydrogen-bond donors (Lipinski definition) is 1. The van der Waals surface area contributed by atoms with Crippen LogP contribution in [0.4, 0.5) is 0 Å². The number of aromatic carboxylic acids is 1. The first-order valence-electron chi connectivity index (χ1n) is 6.69. The zero-order valence-corrected chi connectivity index (χ0v) is 11.6. The lowest BCUT2D eigenvalue weighted by atomic mass is 10.00. The fourth-order valence-electron chi connectivity index (χ4n) is 2.60. The molecule has 108 valence electrons. The summed E-state index contributed by atoms with van der Waals surface area (Å²) in [6.07, 6.45) is 0.811. The van der Waals surface area contributed by atoms with Crippen molar-refractivity contribution in [3.05, 3.63) is 52.8 Å². The van der Waals surface area contributed by atoms with Gasteiger partial charge in [-0.15, -0.1) is 0 Å². The average Bonchev–Trinajstić information content (AvgIpc) is 2.88. The lowest BCUT2D eigenvalue weighted by molar-refractivity contribution is 0.0688. The second-order valence-corrected chi connectivity index (χ2v) is 5.09. The van der Waals surface area contributed by atoms with Crippen LogP contribution in [0.1, 0.15) is 32.1 Å². The molecular formula is C15H15N3O3. The summed E-state index contributed by atoms with van der Waals surface area (Å²) in [6.45, 7) is 1.17. The number of carbonyl (C=O) groups is 2. The van der Waals surface area contributed by atoms with E-state index in [0.29, 0.717) is 18.8 Å². The Kier molecular flexibility index (Phi) is 3.21. The Balaban J connectivity index is 1.85. The number of nitrogens with zero attached hydrogens (tertiary/aromatic N) is 3. The third-order valence-electron chi connectivity index (χ3n) is 3.74. The Morgan fingerprint density at radius 2 is 1.95 bits per heavy atom. The fraction of sp³-hybridized carbons (Fsp3) is 0.267. The molecule has 1 aliphatic heterocycles. The van der Waals surface area contributed by atoms with Gasteiger partial charge in [0, 0.05) is 26.2 Å². The predicted octanol–water partition coefficient (Wildman–Crippen LogP) is 1.32. The van der Waals surface area contributed by atoms with Crippen LogP contribution >= 0.6 is 0 Å². The topological polar surface area (TPSA) is 75.4 Å². The third kappa shape index (κ3) is 2.40. The van der Waals surface area contributed by atoms with Crippen LogP contribution in [0.3, 0.4) is 0 Å². The van der Waals surface area contributed by atoms with Crippen LogP contribution in [0.15, 0.2) is 30.3 Å². The standard InChI is InChI=1S/C15H15N3O3/c1-17-13(8-12(16-17)15(20)21)14(19)18-7-6-10-4-2-3-5-11(10)9-18/h2-5,8H,6-7,9H2,1H3,(H,20,21). The molecule has 2 aromatic rings. The van der Waals surface area contributed by atoms with Crippen LogP contribution < -0.4 is 0 Å². The molecule has 6 nitrogen and oxygen atoms in total. The van der Waals surface area contributed by atoms with E-state index in [1.807, 2.05) is 18.2 Å². The maximum atomic E-state index is 12.5. The van der Waals surface area contributed by atoms with Gasteiger partial charge in [0.15, 0.2) is 5.69 Å². The summed E-state index contributed by atoms with van der Waals surface area (Å²) in [5.41, 5.74) is 2.58. The SMILES string of the molecule is Cn1nc(C(=O)O)cc1C(=O)N1CCc2ccccc2C1. The van der Waals surface area contributed by atoms with Gasteiger partial charge in [0.2, 0.25) is 0 Å². The normalized spacial score (nSPS) is 13.9. The lowest BCUT2D eigenvalue weighted by Gasteiger charge is -2.28. The highest BCUT2D eigenvalue weighted by Crippen LogP contribution is 2.20. The zero-order chi connectivity index (χ0) is 15.0. The molecule has 0 radical (unpaired) electrons. The number of aromatic nitrogens is 2. The van der Waals surface area contributed by atoms with Gasteiger partial charge in [0.1, 0.15) is 5.69 Å². The molecule has 0 aliphatic carbocycles.